The molecule has 2 bridgehead atoms. The topological polar surface area (TPSA) is 86.6 Å². The Kier molecular flexibility index (Phi) is 5.67. The Hall–Kier alpha value is -2.45. The molecule has 3 atom stereocenters. The van der Waals surface area contributed by atoms with Crippen LogP contribution in [0.15, 0.2) is 40.5 Å². The van der Waals surface area contributed by atoms with Crippen molar-refractivity contribution in [2.75, 3.05) is 18.0 Å². The van der Waals surface area contributed by atoms with Crippen LogP contribution in [0.4, 0.5) is 11.5 Å². The van der Waals surface area contributed by atoms with Crippen molar-refractivity contribution in [3.63, 3.8) is 0 Å². The minimum absolute atomic E-state index is 0.0801. The highest BCUT2D eigenvalue weighted by molar-refractivity contribution is 7.99. The van der Waals surface area contributed by atoms with E-state index < -0.39 is 5.97 Å². The molecule has 1 saturated heterocycles. The van der Waals surface area contributed by atoms with Crippen molar-refractivity contribution < 1.29 is 14.7 Å². The molecule has 1 N–H and O–H groups in total. The average Bonchev–Trinajstić information content (AvgIpc) is 2.76. The summed E-state index contributed by atoms with van der Waals surface area (Å²) in [7, 11) is 0. The van der Waals surface area contributed by atoms with Gasteiger partial charge in [0.25, 0.3) is 0 Å². The second-order valence-corrected chi connectivity index (χ2v) is 10.3. The van der Waals surface area contributed by atoms with Gasteiger partial charge in [0.05, 0.1) is 11.6 Å². The maximum atomic E-state index is 12.5. The predicted octanol–water partition coefficient (Wildman–Crippen LogP) is 4.19. The maximum absolute atomic E-state index is 12.5. The molecule has 0 radical (unpaired) electrons. The number of hydrogen-bond acceptors (Lipinski definition) is 6. The second-order valence-electron chi connectivity index (χ2n) is 9.29. The summed E-state index contributed by atoms with van der Waals surface area (Å²) >= 11 is 1.54. The summed E-state index contributed by atoms with van der Waals surface area (Å²) in [6.07, 6.45) is 6.70. The van der Waals surface area contributed by atoms with Gasteiger partial charge in [-0.2, -0.15) is 0 Å². The smallest absolute Gasteiger partial charge is 0.306 e. The zero-order valence-electron chi connectivity index (χ0n) is 18.4. The van der Waals surface area contributed by atoms with E-state index in [0.29, 0.717) is 17.7 Å². The second kappa shape index (κ2) is 8.48. The number of aliphatic carboxylic acids is 1. The normalized spacial score (nSPS) is 25.6. The fourth-order valence-electron chi connectivity index (χ4n) is 5.95. The van der Waals surface area contributed by atoms with Crippen LogP contribution in [0.5, 0.6) is 0 Å². The fraction of sp³-hybridized carbons (Fsp3) is 0.500. The van der Waals surface area contributed by atoms with Gasteiger partial charge < -0.3 is 5.11 Å². The molecule has 1 amide bonds. The molecule has 1 aromatic heterocycles. The van der Waals surface area contributed by atoms with Crippen LogP contribution in [-0.2, 0) is 16.1 Å². The third kappa shape index (κ3) is 3.79. The summed E-state index contributed by atoms with van der Waals surface area (Å²) in [5.74, 6) is 0.728. The number of benzene rings is 1. The Morgan fingerprint density at radius 2 is 1.91 bits per heavy atom. The van der Waals surface area contributed by atoms with Gasteiger partial charge in [-0.3, -0.25) is 19.4 Å². The van der Waals surface area contributed by atoms with Crippen LogP contribution in [-0.4, -0.2) is 44.9 Å². The third-order valence-corrected chi connectivity index (χ3v) is 8.29. The van der Waals surface area contributed by atoms with Crippen molar-refractivity contribution in [3.8, 4) is 0 Å². The monoisotopic (exact) mass is 452 g/mol. The number of amides is 1. The summed E-state index contributed by atoms with van der Waals surface area (Å²) in [6.45, 7) is 6.12. The van der Waals surface area contributed by atoms with Gasteiger partial charge >= 0.3 is 5.97 Å². The molecule has 2 aliphatic heterocycles. The Morgan fingerprint density at radius 1 is 1.19 bits per heavy atom. The summed E-state index contributed by atoms with van der Waals surface area (Å²) in [5.41, 5.74) is 2.02. The summed E-state index contributed by atoms with van der Waals surface area (Å²) in [6, 6.07) is 6.30. The molecule has 3 heterocycles. The number of carboxylic acid groups (broad SMARTS) is 1. The molecule has 2 fully saturated rings. The highest BCUT2D eigenvalue weighted by Gasteiger charge is 2.44. The zero-order valence-corrected chi connectivity index (χ0v) is 19.2. The van der Waals surface area contributed by atoms with Crippen molar-refractivity contribution in [3.05, 3.63) is 36.2 Å². The van der Waals surface area contributed by atoms with Crippen LogP contribution in [0, 0.1) is 23.7 Å². The van der Waals surface area contributed by atoms with Crippen LogP contribution in [0.25, 0.3) is 0 Å². The number of piperidine rings is 1. The van der Waals surface area contributed by atoms with Gasteiger partial charge in [0.1, 0.15) is 5.03 Å². The van der Waals surface area contributed by atoms with E-state index in [4.69, 9.17) is 0 Å². The number of aromatic nitrogens is 2. The molecule has 0 spiro atoms. The number of rotatable bonds is 4. The molecule has 168 valence electrons. The van der Waals surface area contributed by atoms with Crippen LogP contribution in [0.1, 0.15) is 38.7 Å². The average molecular weight is 453 g/mol. The molecule has 7 nitrogen and oxygen atoms in total. The molecule has 3 aliphatic rings. The first kappa shape index (κ1) is 21.4. The van der Waals surface area contributed by atoms with Gasteiger partial charge in [-0.25, -0.2) is 9.97 Å². The summed E-state index contributed by atoms with van der Waals surface area (Å²) < 4.78 is 0. The van der Waals surface area contributed by atoms with Gasteiger partial charge in [-0.1, -0.05) is 31.2 Å². The lowest BCUT2D eigenvalue weighted by Crippen LogP contribution is -2.51. The van der Waals surface area contributed by atoms with E-state index in [2.05, 4.69) is 33.1 Å². The number of carboxylic acids is 1. The van der Waals surface area contributed by atoms with E-state index in [1.807, 2.05) is 6.92 Å². The largest absolute Gasteiger partial charge is 0.481 e. The van der Waals surface area contributed by atoms with Crippen molar-refractivity contribution in [2.45, 2.75) is 49.6 Å². The lowest BCUT2D eigenvalue weighted by molar-refractivity contribution is -0.147. The highest BCUT2D eigenvalue weighted by atomic mass is 32.2. The molecule has 1 saturated carbocycles. The van der Waals surface area contributed by atoms with Crippen LogP contribution in [0.3, 0.4) is 0 Å². The molecule has 8 heteroatoms. The first-order valence-electron chi connectivity index (χ1n) is 11.3. The SMILES string of the molecule is CC(=O)N1c2cc(CN3CC4CCCC(C3)C4C(C)C(=O)O)ccc2Sc2nccnc21. The maximum Gasteiger partial charge on any atom is 0.306 e. The Balaban J connectivity index is 1.38. The van der Waals surface area contributed by atoms with Crippen molar-refractivity contribution in [2.24, 2.45) is 23.7 Å². The first-order valence-corrected chi connectivity index (χ1v) is 12.1. The molecule has 32 heavy (non-hydrogen) atoms. The molecule has 2 aromatic rings. The number of fused-ring (bicyclic) bond motifs is 4. The lowest BCUT2D eigenvalue weighted by Gasteiger charge is -2.49. The fourth-order valence-corrected chi connectivity index (χ4v) is 6.89. The molecule has 1 aliphatic carbocycles. The molecular weight excluding hydrogens is 424 g/mol. The number of likely N-dealkylation sites (tertiary alicyclic amines) is 1. The van der Waals surface area contributed by atoms with Gasteiger partial charge in [0, 0.05) is 43.8 Å². The van der Waals surface area contributed by atoms with E-state index in [-0.39, 0.29) is 17.7 Å². The summed E-state index contributed by atoms with van der Waals surface area (Å²) in [5, 5.41) is 10.3. The first-order chi connectivity index (χ1) is 15.4. The minimum atomic E-state index is -0.666. The molecular formula is C24H28N4O3S. The predicted molar refractivity (Wildman–Crippen MR) is 122 cm³/mol. The molecule has 5 rings (SSSR count). The highest BCUT2D eigenvalue weighted by Crippen LogP contribution is 2.47. The van der Waals surface area contributed by atoms with Crippen LogP contribution in [0.2, 0.25) is 0 Å². The van der Waals surface area contributed by atoms with E-state index in [1.165, 1.54) is 6.42 Å². The van der Waals surface area contributed by atoms with E-state index >= 15 is 0 Å². The van der Waals surface area contributed by atoms with Gasteiger partial charge in [-0.05, 0) is 48.3 Å². The van der Waals surface area contributed by atoms with E-state index in [0.717, 1.165) is 53.6 Å². The van der Waals surface area contributed by atoms with Gasteiger partial charge in [0.2, 0.25) is 5.91 Å². The van der Waals surface area contributed by atoms with Crippen molar-refractivity contribution in [1.29, 1.82) is 0 Å². The molecule has 3 unspecified atom stereocenters. The lowest BCUT2D eigenvalue weighted by atomic mass is 9.64. The van der Waals surface area contributed by atoms with Gasteiger partial charge in [-0.15, -0.1) is 0 Å². The van der Waals surface area contributed by atoms with E-state index in [9.17, 15) is 14.7 Å². The van der Waals surface area contributed by atoms with Gasteiger partial charge in [0.15, 0.2) is 5.82 Å². The van der Waals surface area contributed by atoms with Crippen LogP contribution >= 0.6 is 11.8 Å². The number of anilines is 2. The Morgan fingerprint density at radius 3 is 2.59 bits per heavy atom. The molecule has 1 aromatic carbocycles. The number of hydrogen-bond donors (Lipinski definition) is 1. The van der Waals surface area contributed by atoms with E-state index in [1.54, 1.807) is 36.0 Å². The number of carbonyl (C=O) groups excluding carboxylic acids is 1. The zero-order chi connectivity index (χ0) is 22.4. The Bertz CT molecular complexity index is 1050. The van der Waals surface area contributed by atoms with Crippen molar-refractivity contribution >= 4 is 35.1 Å². The number of nitrogens with zero attached hydrogens (tertiary/aromatic N) is 4. The quantitative estimate of drug-likeness (QED) is 0.744. The van der Waals surface area contributed by atoms with Crippen LogP contribution < -0.4 is 4.90 Å². The Labute approximate surface area is 192 Å². The number of carbonyl (C=O) groups is 2. The summed E-state index contributed by atoms with van der Waals surface area (Å²) in [4.78, 5) is 38.1. The minimum Gasteiger partial charge on any atom is -0.481 e. The van der Waals surface area contributed by atoms with Crippen molar-refractivity contribution in [1.82, 2.24) is 14.9 Å². The standard InChI is InChI=1S/C24H28N4O3S/c1-14(24(30)31)21-17-4-3-5-18(21)13-27(12-17)11-16-6-7-20-19(10-16)28(15(2)29)22-23(32-20)26-9-8-25-22/h6-10,14,17-18,21H,3-5,11-13H2,1-2H3,(H,30,31). The third-order valence-electron chi connectivity index (χ3n) is 7.24.